The van der Waals surface area contributed by atoms with Gasteiger partial charge in [0, 0.05) is 26.0 Å². The molecule has 1 aromatic carbocycles. The van der Waals surface area contributed by atoms with Gasteiger partial charge in [-0.1, -0.05) is 12.1 Å². The van der Waals surface area contributed by atoms with E-state index in [9.17, 15) is 4.79 Å². The predicted molar refractivity (Wildman–Crippen MR) is 80.0 cm³/mol. The van der Waals surface area contributed by atoms with Crippen LogP contribution in [0.4, 0.5) is 5.69 Å². The van der Waals surface area contributed by atoms with E-state index in [0.29, 0.717) is 32.1 Å². The molecule has 2 N–H and O–H groups in total. The van der Waals surface area contributed by atoms with Crippen LogP contribution in [-0.2, 0) is 24.4 Å². The number of anilines is 1. The Balaban J connectivity index is 1.72. The van der Waals surface area contributed by atoms with Gasteiger partial charge < -0.3 is 19.9 Å². The molecule has 0 heterocycles. The van der Waals surface area contributed by atoms with E-state index in [0.717, 1.165) is 24.8 Å². The lowest BCUT2D eigenvalue weighted by Crippen LogP contribution is -2.24. The number of rotatable bonds is 9. The highest BCUT2D eigenvalue weighted by Crippen LogP contribution is 2.49. The topological polar surface area (TPSA) is 70.8 Å². The van der Waals surface area contributed by atoms with E-state index in [4.69, 9.17) is 19.9 Å². The summed E-state index contributed by atoms with van der Waals surface area (Å²) in [4.78, 5) is 12.2. The van der Waals surface area contributed by atoms with Gasteiger partial charge in [0.25, 0.3) is 0 Å². The maximum atomic E-state index is 12.2. The average molecular weight is 293 g/mol. The normalized spacial score (nSPS) is 15.7. The fraction of sp³-hybridized carbons (Fsp3) is 0.562. The third kappa shape index (κ3) is 4.19. The van der Waals surface area contributed by atoms with Crippen LogP contribution < -0.4 is 5.73 Å². The van der Waals surface area contributed by atoms with Crippen molar-refractivity contribution >= 4 is 11.7 Å². The molecule has 0 unspecified atom stereocenters. The second kappa shape index (κ2) is 7.43. The lowest BCUT2D eigenvalue weighted by molar-refractivity contribution is -0.148. The first-order valence-corrected chi connectivity index (χ1v) is 7.29. The van der Waals surface area contributed by atoms with E-state index in [-0.39, 0.29) is 5.97 Å². The molecule has 0 radical (unpaired) electrons. The summed E-state index contributed by atoms with van der Waals surface area (Å²) in [7, 11) is 1.66. The molecular formula is C16H23NO4. The van der Waals surface area contributed by atoms with Crippen molar-refractivity contribution in [2.24, 2.45) is 0 Å². The van der Waals surface area contributed by atoms with Crippen molar-refractivity contribution in [3.05, 3.63) is 29.8 Å². The molecule has 0 spiro atoms. The lowest BCUT2D eigenvalue weighted by Gasteiger charge is -2.15. The van der Waals surface area contributed by atoms with E-state index >= 15 is 0 Å². The van der Waals surface area contributed by atoms with Crippen molar-refractivity contribution in [3.63, 3.8) is 0 Å². The highest BCUT2D eigenvalue weighted by Gasteiger charge is 2.52. The van der Waals surface area contributed by atoms with Gasteiger partial charge in [0.1, 0.15) is 6.61 Å². The lowest BCUT2D eigenvalue weighted by atomic mass is 9.96. The minimum absolute atomic E-state index is 0.159. The van der Waals surface area contributed by atoms with Crippen molar-refractivity contribution in [3.8, 4) is 0 Å². The van der Waals surface area contributed by atoms with Crippen LogP contribution in [-0.4, -0.2) is 39.5 Å². The zero-order valence-electron chi connectivity index (χ0n) is 12.5. The molecule has 0 atom stereocenters. The summed E-state index contributed by atoms with van der Waals surface area (Å²) < 4.78 is 15.6. The van der Waals surface area contributed by atoms with E-state index in [1.54, 1.807) is 7.11 Å². The third-order valence-electron chi connectivity index (χ3n) is 3.70. The number of nitrogens with two attached hydrogens (primary N) is 1. The van der Waals surface area contributed by atoms with E-state index < -0.39 is 5.41 Å². The number of methoxy groups -OCH3 is 1. The minimum Gasteiger partial charge on any atom is -0.463 e. The van der Waals surface area contributed by atoms with Gasteiger partial charge in [-0.05, 0) is 37.0 Å². The Morgan fingerprint density at radius 3 is 2.48 bits per heavy atom. The van der Waals surface area contributed by atoms with E-state index in [2.05, 4.69) is 0 Å². The van der Waals surface area contributed by atoms with Gasteiger partial charge in [-0.2, -0.15) is 0 Å². The van der Waals surface area contributed by atoms with Crippen molar-refractivity contribution in [1.82, 2.24) is 0 Å². The zero-order valence-corrected chi connectivity index (χ0v) is 12.5. The van der Waals surface area contributed by atoms with E-state index in [1.807, 2.05) is 24.3 Å². The van der Waals surface area contributed by atoms with Crippen molar-refractivity contribution in [2.75, 3.05) is 39.3 Å². The maximum Gasteiger partial charge on any atom is 0.316 e. The first-order chi connectivity index (χ1) is 10.2. The molecule has 0 saturated heterocycles. The highest BCUT2D eigenvalue weighted by atomic mass is 16.6. The standard InChI is InChI=1S/C16H23NO4/c1-19-9-2-10-20-11-12-21-15(18)16(7-8-16)13-3-5-14(17)6-4-13/h3-6H,2,7-12,17H2,1H3. The predicted octanol–water partition coefficient (Wildman–Crippen LogP) is 1.90. The molecule has 0 aromatic heterocycles. The molecule has 5 heteroatoms. The first kappa shape index (κ1) is 15.8. The van der Waals surface area contributed by atoms with Gasteiger partial charge in [0.05, 0.1) is 12.0 Å². The number of esters is 1. The summed E-state index contributed by atoms with van der Waals surface area (Å²) in [6.07, 6.45) is 2.52. The van der Waals surface area contributed by atoms with Gasteiger partial charge in [-0.25, -0.2) is 0 Å². The molecule has 1 fully saturated rings. The van der Waals surface area contributed by atoms with Crippen molar-refractivity contribution in [2.45, 2.75) is 24.7 Å². The van der Waals surface area contributed by atoms with Crippen LogP contribution in [0.1, 0.15) is 24.8 Å². The molecule has 1 aliphatic rings. The van der Waals surface area contributed by atoms with Crippen LogP contribution in [0.3, 0.4) is 0 Å². The molecule has 1 aromatic rings. The minimum atomic E-state index is -0.455. The highest BCUT2D eigenvalue weighted by molar-refractivity contribution is 5.86. The van der Waals surface area contributed by atoms with Crippen LogP contribution in [0.25, 0.3) is 0 Å². The second-order valence-electron chi connectivity index (χ2n) is 5.30. The Hall–Kier alpha value is -1.59. The molecule has 0 aliphatic heterocycles. The van der Waals surface area contributed by atoms with Crippen LogP contribution in [0.2, 0.25) is 0 Å². The quantitative estimate of drug-likeness (QED) is 0.428. The Bertz CT molecular complexity index is 454. The molecular weight excluding hydrogens is 270 g/mol. The summed E-state index contributed by atoms with van der Waals surface area (Å²) in [6.45, 7) is 2.02. The van der Waals surface area contributed by atoms with Crippen LogP contribution in [0.5, 0.6) is 0 Å². The molecule has 0 amide bonds. The molecule has 0 bridgehead atoms. The Labute approximate surface area is 125 Å². The van der Waals surface area contributed by atoms with Crippen molar-refractivity contribution in [1.29, 1.82) is 0 Å². The molecule has 5 nitrogen and oxygen atoms in total. The van der Waals surface area contributed by atoms with Gasteiger partial charge in [0.2, 0.25) is 0 Å². The molecule has 116 valence electrons. The molecule has 1 aliphatic carbocycles. The van der Waals surface area contributed by atoms with Gasteiger partial charge >= 0.3 is 5.97 Å². The maximum absolute atomic E-state index is 12.2. The van der Waals surface area contributed by atoms with Gasteiger partial charge in [-0.3, -0.25) is 4.79 Å². The number of hydrogen-bond donors (Lipinski definition) is 1. The molecule has 21 heavy (non-hydrogen) atoms. The Kier molecular flexibility index (Phi) is 5.59. The summed E-state index contributed by atoms with van der Waals surface area (Å²) in [5.74, 6) is -0.159. The number of carbonyl (C=O) groups is 1. The fourth-order valence-corrected chi connectivity index (χ4v) is 2.28. The SMILES string of the molecule is COCCCOCCOC(=O)C1(c2ccc(N)cc2)CC1. The Morgan fingerprint density at radius 2 is 1.86 bits per heavy atom. The number of carbonyl (C=O) groups excluding carboxylic acids is 1. The first-order valence-electron chi connectivity index (χ1n) is 7.29. The summed E-state index contributed by atoms with van der Waals surface area (Å²) in [5.41, 5.74) is 6.91. The number of ether oxygens (including phenoxy) is 3. The van der Waals surface area contributed by atoms with Crippen LogP contribution in [0.15, 0.2) is 24.3 Å². The monoisotopic (exact) mass is 293 g/mol. The summed E-state index contributed by atoms with van der Waals surface area (Å²) in [5, 5.41) is 0. The summed E-state index contributed by atoms with van der Waals surface area (Å²) in [6, 6.07) is 7.46. The smallest absolute Gasteiger partial charge is 0.316 e. The fourth-order valence-electron chi connectivity index (χ4n) is 2.28. The molecule has 1 saturated carbocycles. The zero-order chi connectivity index (χ0) is 15.1. The van der Waals surface area contributed by atoms with E-state index in [1.165, 1.54) is 0 Å². The van der Waals surface area contributed by atoms with Crippen LogP contribution >= 0.6 is 0 Å². The number of nitrogen functional groups attached to an aromatic ring is 1. The van der Waals surface area contributed by atoms with Crippen LogP contribution in [0, 0.1) is 0 Å². The average Bonchev–Trinajstić information content (AvgIpc) is 3.28. The van der Waals surface area contributed by atoms with Crippen molar-refractivity contribution < 1.29 is 19.0 Å². The largest absolute Gasteiger partial charge is 0.463 e. The van der Waals surface area contributed by atoms with Gasteiger partial charge in [0.15, 0.2) is 0 Å². The second-order valence-corrected chi connectivity index (χ2v) is 5.30. The number of hydrogen-bond acceptors (Lipinski definition) is 5. The number of benzene rings is 1. The van der Waals surface area contributed by atoms with Gasteiger partial charge in [-0.15, -0.1) is 0 Å². The summed E-state index contributed by atoms with van der Waals surface area (Å²) >= 11 is 0. The molecule has 2 rings (SSSR count). The third-order valence-corrected chi connectivity index (χ3v) is 3.70. The Morgan fingerprint density at radius 1 is 1.14 bits per heavy atom.